The number of hydrogen-bond donors (Lipinski definition) is 2. The van der Waals surface area contributed by atoms with Gasteiger partial charge in [0.15, 0.2) is 0 Å². The highest BCUT2D eigenvalue weighted by Crippen LogP contribution is 2.46. The molecule has 0 bridgehead atoms. The predicted molar refractivity (Wildman–Crippen MR) is 79.9 cm³/mol. The Balaban J connectivity index is 2.03. The van der Waals surface area contributed by atoms with Crippen molar-refractivity contribution in [2.45, 2.75) is 25.9 Å². The third kappa shape index (κ3) is 3.39. The van der Waals surface area contributed by atoms with Crippen molar-refractivity contribution in [3.63, 3.8) is 0 Å². The molecule has 0 radical (unpaired) electrons. The Labute approximate surface area is 133 Å². The van der Waals surface area contributed by atoms with Crippen molar-refractivity contribution in [1.29, 1.82) is 0 Å². The van der Waals surface area contributed by atoms with Gasteiger partial charge >= 0.3 is 5.97 Å². The lowest BCUT2D eigenvalue weighted by atomic mass is 10.1. The fourth-order valence-corrected chi connectivity index (χ4v) is 2.25. The summed E-state index contributed by atoms with van der Waals surface area (Å²) in [7, 11) is 1.56. The Morgan fingerprint density at radius 2 is 2.05 bits per heavy atom. The fraction of sp³-hybridized carbons (Fsp3) is 0.400. The molecule has 0 heterocycles. The van der Waals surface area contributed by atoms with E-state index in [1.165, 1.54) is 0 Å². The number of rotatable bonds is 6. The SMILES string of the molecule is CNC(=O)Cc1ccc(Cl)c(COC(=O)C2(C(N)=O)CC2)c1. The van der Waals surface area contributed by atoms with E-state index in [1.807, 2.05) is 0 Å². The van der Waals surface area contributed by atoms with Crippen molar-refractivity contribution < 1.29 is 19.1 Å². The summed E-state index contributed by atoms with van der Waals surface area (Å²) in [5.41, 5.74) is 5.39. The molecule has 1 saturated carbocycles. The second-order valence-corrected chi connectivity index (χ2v) is 5.71. The van der Waals surface area contributed by atoms with Crippen molar-refractivity contribution in [3.05, 3.63) is 34.3 Å². The van der Waals surface area contributed by atoms with E-state index in [0.29, 0.717) is 23.4 Å². The van der Waals surface area contributed by atoms with Crippen LogP contribution >= 0.6 is 11.6 Å². The number of likely N-dealkylation sites (N-methyl/N-ethyl adjacent to an activating group) is 1. The van der Waals surface area contributed by atoms with Crippen LogP contribution in [0.1, 0.15) is 24.0 Å². The maximum atomic E-state index is 11.9. The van der Waals surface area contributed by atoms with E-state index < -0.39 is 17.3 Å². The van der Waals surface area contributed by atoms with Crippen molar-refractivity contribution in [3.8, 4) is 0 Å². The van der Waals surface area contributed by atoms with Gasteiger partial charge in [-0.25, -0.2) is 0 Å². The molecule has 3 N–H and O–H groups in total. The average Bonchev–Trinajstić information content (AvgIpc) is 3.29. The van der Waals surface area contributed by atoms with Crippen LogP contribution < -0.4 is 11.1 Å². The number of nitrogens with one attached hydrogen (secondary N) is 1. The number of halogens is 1. The van der Waals surface area contributed by atoms with Gasteiger partial charge in [0.1, 0.15) is 12.0 Å². The third-order valence-corrected chi connectivity index (χ3v) is 4.09. The summed E-state index contributed by atoms with van der Waals surface area (Å²) in [6, 6.07) is 5.08. The molecule has 1 fully saturated rings. The molecule has 1 aliphatic carbocycles. The van der Waals surface area contributed by atoms with E-state index in [4.69, 9.17) is 22.1 Å². The van der Waals surface area contributed by atoms with Crippen LogP contribution in [0.15, 0.2) is 18.2 Å². The van der Waals surface area contributed by atoms with Crippen LogP contribution in [0.4, 0.5) is 0 Å². The smallest absolute Gasteiger partial charge is 0.321 e. The highest BCUT2D eigenvalue weighted by molar-refractivity contribution is 6.31. The molecule has 1 aromatic carbocycles. The van der Waals surface area contributed by atoms with Crippen molar-refractivity contribution >= 4 is 29.4 Å². The van der Waals surface area contributed by atoms with Gasteiger partial charge in [0.05, 0.1) is 6.42 Å². The average molecular weight is 325 g/mol. The number of benzene rings is 1. The van der Waals surface area contributed by atoms with Crippen LogP contribution in [0, 0.1) is 5.41 Å². The number of carbonyl (C=O) groups excluding carboxylic acids is 3. The van der Waals surface area contributed by atoms with Gasteiger partial charge in [0.2, 0.25) is 11.8 Å². The molecule has 0 spiro atoms. The molecule has 0 atom stereocenters. The number of primary amides is 1. The van der Waals surface area contributed by atoms with Crippen molar-refractivity contribution in [2.24, 2.45) is 11.1 Å². The van der Waals surface area contributed by atoms with E-state index in [9.17, 15) is 14.4 Å². The zero-order valence-electron chi connectivity index (χ0n) is 12.1. The topological polar surface area (TPSA) is 98.5 Å². The van der Waals surface area contributed by atoms with E-state index in [-0.39, 0.29) is 18.9 Å². The Hall–Kier alpha value is -2.08. The van der Waals surface area contributed by atoms with Crippen LogP contribution in [0.25, 0.3) is 0 Å². The molecule has 7 heteroatoms. The van der Waals surface area contributed by atoms with Gasteiger partial charge in [-0.1, -0.05) is 23.7 Å². The second kappa shape index (κ2) is 6.36. The van der Waals surface area contributed by atoms with Crippen LogP contribution in [-0.2, 0) is 32.1 Å². The summed E-state index contributed by atoms with van der Waals surface area (Å²) in [4.78, 5) is 34.6. The summed E-state index contributed by atoms with van der Waals surface area (Å²) < 4.78 is 5.16. The number of nitrogens with two attached hydrogens (primary N) is 1. The summed E-state index contributed by atoms with van der Waals surface area (Å²) in [5, 5.41) is 2.96. The lowest BCUT2D eigenvalue weighted by Crippen LogP contribution is -2.33. The first kappa shape index (κ1) is 16.3. The molecule has 0 saturated heterocycles. The maximum absolute atomic E-state index is 11.9. The molecule has 2 amide bonds. The van der Waals surface area contributed by atoms with E-state index >= 15 is 0 Å². The molecule has 2 rings (SSSR count). The van der Waals surface area contributed by atoms with Gasteiger partial charge in [-0.05, 0) is 24.5 Å². The normalized spacial score (nSPS) is 15.0. The summed E-state index contributed by atoms with van der Waals surface area (Å²) in [6.07, 6.45) is 1.05. The van der Waals surface area contributed by atoms with Gasteiger partial charge in [0.25, 0.3) is 0 Å². The minimum Gasteiger partial charge on any atom is -0.460 e. The quantitative estimate of drug-likeness (QED) is 0.601. The number of esters is 1. The minimum atomic E-state index is -1.16. The molecular formula is C15H17ClN2O4. The Kier molecular flexibility index (Phi) is 4.71. The summed E-state index contributed by atoms with van der Waals surface area (Å²) in [5.74, 6) is -1.40. The predicted octanol–water partition coefficient (Wildman–Crippen LogP) is 0.937. The van der Waals surface area contributed by atoms with E-state index in [1.54, 1.807) is 25.2 Å². The second-order valence-electron chi connectivity index (χ2n) is 5.30. The third-order valence-electron chi connectivity index (χ3n) is 3.72. The minimum absolute atomic E-state index is 0.0612. The largest absolute Gasteiger partial charge is 0.460 e. The standard InChI is InChI=1S/C15H17ClN2O4/c1-18-12(19)7-9-2-3-11(16)10(6-9)8-22-14(21)15(4-5-15)13(17)20/h2-3,6H,4-5,7-8H2,1H3,(H2,17,20)(H,18,19). The number of carbonyl (C=O) groups is 3. The molecule has 1 aliphatic rings. The van der Waals surface area contributed by atoms with Gasteiger partial charge in [-0.3, -0.25) is 14.4 Å². The lowest BCUT2D eigenvalue weighted by molar-refractivity contribution is -0.155. The van der Waals surface area contributed by atoms with E-state index in [0.717, 1.165) is 5.56 Å². The Morgan fingerprint density at radius 1 is 1.36 bits per heavy atom. The first-order chi connectivity index (χ1) is 10.4. The molecule has 1 aromatic rings. The summed E-state index contributed by atoms with van der Waals surface area (Å²) >= 11 is 6.06. The van der Waals surface area contributed by atoms with Crippen LogP contribution in [0.2, 0.25) is 5.02 Å². The fourth-order valence-electron chi connectivity index (χ4n) is 2.08. The molecule has 118 valence electrons. The molecule has 0 aromatic heterocycles. The van der Waals surface area contributed by atoms with Crippen molar-refractivity contribution in [1.82, 2.24) is 5.32 Å². The van der Waals surface area contributed by atoms with Crippen LogP contribution in [0.3, 0.4) is 0 Å². The molecule has 22 heavy (non-hydrogen) atoms. The van der Waals surface area contributed by atoms with Gasteiger partial charge in [-0.2, -0.15) is 0 Å². The number of ether oxygens (including phenoxy) is 1. The number of amides is 2. The van der Waals surface area contributed by atoms with Gasteiger partial charge < -0.3 is 15.8 Å². The highest BCUT2D eigenvalue weighted by Gasteiger charge is 2.57. The number of hydrogen-bond acceptors (Lipinski definition) is 4. The molecular weight excluding hydrogens is 308 g/mol. The molecule has 6 nitrogen and oxygen atoms in total. The zero-order chi connectivity index (χ0) is 16.3. The van der Waals surface area contributed by atoms with E-state index in [2.05, 4.69) is 5.32 Å². The Morgan fingerprint density at radius 3 is 2.59 bits per heavy atom. The monoisotopic (exact) mass is 324 g/mol. The molecule has 0 unspecified atom stereocenters. The van der Waals surface area contributed by atoms with Crippen LogP contribution in [-0.4, -0.2) is 24.8 Å². The summed E-state index contributed by atoms with van der Waals surface area (Å²) in [6.45, 7) is -0.0612. The lowest BCUT2D eigenvalue weighted by Gasteiger charge is -2.12. The van der Waals surface area contributed by atoms with Crippen molar-refractivity contribution in [2.75, 3.05) is 7.05 Å². The van der Waals surface area contributed by atoms with Gasteiger partial charge in [-0.15, -0.1) is 0 Å². The highest BCUT2D eigenvalue weighted by atomic mass is 35.5. The maximum Gasteiger partial charge on any atom is 0.321 e. The zero-order valence-corrected chi connectivity index (χ0v) is 12.9. The first-order valence-corrected chi connectivity index (χ1v) is 7.22. The first-order valence-electron chi connectivity index (χ1n) is 6.84. The molecule has 0 aliphatic heterocycles. The Bertz CT molecular complexity index is 626. The van der Waals surface area contributed by atoms with Crippen LogP contribution in [0.5, 0.6) is 0 Å². The van der Waals surface area contributed by atoms with Gasteiger partial charge in [0, 0.05) is 17.6 Å².